The van der Waals surface area contributed by atoms with Crippen LogP contribution in [0.15, 0.2) is 115 Å². The van der Waals surface area contributed by atoms with E-state index in [1.165, 1.54) is 0 Å². The van der Waals surface area contributed by atoms with E-state index < -0.39 is 18.1 Å². The maximum absolute atomic E-state index is 13.5. The highest BCUT2D eigenvalue weighted by molar-refractivity contribution is 6.02. The molecular formula is C32H30NO5+2. The molecule has 0 spiro atoms. The second kappa shape index (κ2) is 11.5. The maximum Gasteiger partial charge on any atom is 0.478 e. The molecule has 6 nitrogen and oxygen atoms in total. The number of Topliss-reactive ketones (excluding diaryl/α,β-unsaturated/α-hetero) is 1. The van der Waals surface area contributed by atoms with Gasteiger partial charge in [-0.25, -0.2) is 4.79 Å². The number of benzene rings is 4. The zero-order chi connectivity index (χ0) is 26.5. The standard InChI is InChI=1S/C32H29NO5/c34-20-26(30(35)23-14-8-3-9-15-23)33-38-32(37)25-18-16-24(17-19-25)31(36)29-27(21-10-4-1-5-11-21)28(29)22-12-6-2-7-13-22/h1-19,26-30,33-35H,20H2/q+1/p+1/t26-,27-,28+,29?,30-/m0/s1. The first-order chi connectivity index (χ1) is 18.6. The molecule has 1 saturated carbocycles. The number of hydrogen-bond donors (Lipinski definition) is 3. The second-order valence-electron chi connectivity index (χ2n) is 9.58. The van der Waals surface area contributed by atoms with E-state index in [0.29, 0.717) is 11.1 Å². The summed E-state index contributed by atoms with van der Waals surface area (Å²) in [4.78, 5) is 31.4. The lowest BCUT2D eigenvalue weighted by atomic mass is 10.0. The Bertz CT molecular complexity index is 1310. The molecular weight excluding hydrogens is 478 g/mol. The lowest BCUT2D eigenvalue weighted by molar-refractivity contribution is -0.899. The highest BCUT2D eigenvalue weighted by Gasteiger charge is 2.61. The topological polar surface area (TPSA) is 103 Å². The first-order valence-corrected chi connectivity index (χ1v) is 12.7. The van der Waals surface area contributed by atoms with E-state index in [1.54, 1.807) is 48.5 Å². The SMILES string of the molecule is O=C(O[NH2+][C@@H](CO)[C@@H](O)c1ccccc1)c1ccc(C(=[O+])C2[C@@H](c3ccccc3)[C@H]2c2ccccc2)cc1. The van der Waals surface area contributed by atoms with Gasteiger partial charge in [-0.05, 0) is 41.0 Å². The van der Waals surface area contributed by atoms with E-state index >= 15 is 0 Å². The molecule has 0 heterocycles. The molecule has 5 rings (SSSR count). The average Bonchev–Trinajstić information content (AvgIpc) is 3.74. The van der Waals surface area contributed by atoms with Crippen molar-refractivity contribution in [3.63, 3.8) is 0 Å². The van der Waals surface area contributed by atoms with E-state index in [0.717, 1.165) is 16.6 Å². The molecule has 1 radical (unpaired) electrons. The molecule has 6 heteroatoms. The van der Waals surface area contributed by atoms with Gasteiger partial charge in [0.1, 0.15) is 18.6 Å². The number of rotatable bonds is 10. The number of aliphatic hydroxyl groups is 2. The fourth-order valence-electron chi connectivity index (χ4n) is 5.11. The van der Waals surface area contributed by atoms with Gasteiger partial charge >= 0.3 is 11.8 Å². The van der Waals surface area contributed by atoms with Gasteiger partial charge in [0.05, 0.1) is 11.1 Å². The van der Waals surface area contributed by atoms with Crippen molar-refractivity contribution in [2.45, 2.75) is 24.0 Å². The Morgan fingerprint density at radius 3 is 1.74 bits per heavy atom. The second-order valence-corrected chi connectivity index (χ2v) is 9.58. The number of nitrogens with two attached hydrogens (primary N) is 1. The van der Waals surface area contributed by atoms with Crippen LogP contribution >= 0.6 is 0 Å². The highest BCUT2D eigenvalue weighted by atomic mass is 16.7. The summed E-state index contributed by atoms with van der Waals surface area (Å²) in [6.07, 6.45) is -1.01. The number of aliphatic hydroxyl groups excluding tert-OH is 2. The maximum atomic E-state index is 13.5. The number of ketones is 1. The van der Waals surface area contributed by atoms with Gasteiger partial charge in [-0.1, -0.05) is 91.0 Å². The monoisotopic (exact) mass is 508 g/mol. The van der Waals surface area contributed by atoms with Gasteiger partial charge in [-0.3, -0.25) is 4.84 Å². The zero-order valence-electron chi connectivity index (χ0n) is 20.8. The molecule has 0 aromatic heterocycles. The van der Waals surface area contributed by atoms with Crippen LogP contribution in [-0.4, -0.2) is 34.6 Å². The Kier molecular flexibility index (Phi) is 7.75. The summed E-state index contributed by atoms with van der Waals surface area (Å²) in [6.45, 7) is -0.386. The Balaban J connectivity index is 1.25. The summed E-state index contributed by atoms with van der Waals surface area (Å²) < 4.78 is 0. The van der Waals surface area contributed by atoms with Crippen molar-refractivity contribution in [3.8, 4) is 0 Å². The third kappa shape index (κ3) is 5.43. The van der Waals surface area contributed by atoms with E-state index in [9.17, 15) is 19.8 Å². The van der Waals surface area contributed by atoms with Gasteiger partial charge in [0, 0.05) is 11.8 Å². The van der Waals surface area contributed by atoms with Crippen molar-refractivity contribution in [2.24, 2.45) is 5.92 Å². The van der Waals surface area contributed by atoms with Crippen molar-refractivity contribution >= 4 is 11.8 Å². The number of hydroxylamine groups is 1. The molecule has 0 saturated heterocycles. The summed E-state index contributed by atoms with van der Waals surface area (Å²) in [5, 5.41) is 20.2. The molecule has 191 valence electrons. The molecule has 4 aromatic rings. The third-order valence-corrected chi connectivity index (χ3v) is 7.20. The minimum absolute atomic E-state index is 0.0468. The molecule has 1 aliphatic rings. The predicted octanol–water partition coefficient (Wildman–Crippen LogP) is 3.80. The first kappa shape index (κ1) is 25.5. The lowest BCUT2D eigenvalue weighted by Gasteiger charge is -2.18. The fraction of sp³-hybridized carbons (Fsp3) is 0.188. The van der Waals surface area contributed by atoms with Crippen molar-refractivity contribution in [2.75, 3.05) is 6.61 Å². The number of hydrogen-bond acceptors (Lipinski definition) is 5. The van der Waals surface area contributed by atoms with Crippen LogP contribution in [0.3, 0.4) is 0 Å². The van der Waals surface area contributed by atoms with Gasteiger partial charge in [-0.15, -0.1) is 5.48 Å². The van der Waals surface area contributed by atoms with Gasteiger partial charge in [-0.2, -0.15) is 0 Å². The fourth-order valence-corrected chi connectivity index (χ4v) is 5.11. The van der Waals surface area contributed by atoms with Crippen molar-refractivity contribution in [1.82, 2.24) is 0 Å². The molecule has 0 aliphatic heterocycles. The van der Waals surface area contributed by atoms with Crippen LogP contribution in [0.2, 0.25) is 0 Å². The van der Waals surface area contributed by atoms with Crippen molar-refractivity contribution in [1.29, 1.82) is 0 Å². The minimum Gasteiger partial charge on any atom is -0.390 e. The molecule has 1 unspecified atom stereocenters. The molecule has 5 atom stereocenters. The molecule has 1 fully saturated rings. The summed E-state index contributed by atoms with van der Waals surface area (Å²) in [5.74, 6) is -0.534. The molecule has 4 aromatic carbocycles. The van der Waals surface area contributed by atoms with E-state index in [-0.39, 0.29) is 35.7 Å². The lowest BCUT2D eigenvalue weighted by Crippen LogP contribution is -2.91. The Morgan fingerprint density at radius 1 is 0.763 bits per heavy atom. The Labute approximate surface area is 221 Å². The third-order valence-electron chi connectivity index (χ3n) is 7.20. The molecule has 38 heavy (non-hydrogen) atoms. The summed E-state index contributed by atoms with van der Waals surface area (Å²) in [6, 6.07) is 34.8. The average molecular weight is 509 g/mol. The van der Waals surface area contributed by atoms with E-state index in [1.807, 2.05) is 42.5 Å². The van der Waals surface area contributed by atoms with Crippen molar-refractivity contribution < 1.29 is 30.1 Å². The Morgan fingerprint density at radius 2 is 1.24 bits per heavy atom. The van der Waals surface area contributed by atoms with Crippen LogP contribution in [0.25, 0.3) is 0 Å². The summed E-state index contributed by atoms with van der Waals surface area (Å²) in [7, 11) is 0. The van der Waals surface area contributed by atoms with Gasteiger partial charge in [0.25, 0.3) is 0 Å². The summed E-state index contributed by atoms with van der Waals surface area (Å²) in [5.41, 5.74) is 4.89. The number of carbonyl (C=O) groups excluding carboxylic acids is 2. The van der Waals surface area contributed by atoms with Crippen LogP contribution in [0.1, 0.15) is 55.3 Å². The zero-order valence-corrected chi connectivity index (χ0v) is 20.8. The predicted molar refractivity (Wildman–Crippen MR) is 142 cm³/mol. The van der Waals surface area contributed by atoms with Crippen LogP contribution in [0.4, 0.5) is 0 Å². The van der Waals surface area contributed by atoms with Crippen LogP contribution in [0, 0.1) is 5.92 Å². The smallest absolute Gasteiger partial charge is 0.390 e. The summed E-state index contributed by atoms with van der Waals surface area (Å²) >= 11 is 0. The normalized spacial score (nSPS) is 19.8. The van der Waals surface area contributed by atoms with Gasteiger partial charge in [0.2, 0.25) is 4.79 Å². The van der Waals surface area contributed by atoms with Crippen LogP contribution in [0.5, 0.6) is 0 Å². The largest absolute Gasteiger partial charge is 0.478 e. The van der Waals surface area contributed by atoms with Crippen LogP contribution in [-0.2, 0) is 4.84 Å². The van der Waals surface area contributed by atoms with E-state index in [2.05, 4.69) is 24.3 Å². The van der Waals surface area contributed by atoms with Crippen LogP contribution < -0.4 is 5.48 Å². The van der Waals surface area contributed by atoms with Gasteiger partial charge in [0.15, 0.2) is 6.04 Å². The molecule has 4 N–H and O–H groups in total. The quantitative estimate of drug-likeness (QED) is 0.172. The molecule has 1 aliphatic carbocycles. The number of quaternary nitrogens is 1. The van der Waals surface area contributed by atoms with E-state index in [4.69, 9.17) is 4.84 Å². The first-order valence-electron chi connectivity index (χ1n) is 12.7. The highest BCUT2D eigenvalue weighted by Crippen LogP contribution is 2.61. The van der Waals surface area contributed by atoms with Gasteiger partial charge < -0.3 is 10.2 Å². The molecule has 0 bridgehead atoms. The number of carbonyl (C=O) groups is 2. The molecule has 0 amide bonds. The minimum atomic E-state index is -1.01. The van der Waals surface area contributed by atoms with Crippen molar-refractivity contribution in [3.05, 3.63) is 143 Å². The Hall–Kier alpha value is -4.10.